The molecule has 0 spiro atoms. The van der Waals surface area contributed by atoms with Gasteiger partial charge in [0.05, 0.1) is 12.7 Å². The molecule has 5 heteroatoms. The quantitative estimate of drug-likeness (QED) is 0.859. The van der Waals surface area contributed by atoms with E-state index in [2.05, 4.69) is 14.5 Å². The van der Waals surface area contributed by atoms with Gasteiger partial charge in [0.15, 0.2) is 0 Å². The van der Waals surface area contributed by atoms with Crippen LogP contribution in [0.3, 0.4) is 0 Å². The number of carbonyl (C=O) groups excluding carboxylic acids is 1. The van der Waals surface area contributed by atoms with Gasteiger partial charge in [-0.05, 0) is 31.6 Å². The van der Waals surface area contributed by atoms with E-state index in [1.165, 1.54) is 32.2 Å². The van der Waals surface area contributed by atoms with Crippen molar-refractivity contribution >= 4 is 5.91 Å². The van der Waals surface area contributed by atoms with Gasteiger partial charge < -0.3 is 9.47 Å². The van der Waals surface area contributed by atoms with Crippen LogP contribution in [-0.4, -0.2) is 51.4 Å². The Morgan fingerprint density at radius 3 is 2.64 bits per heavy atom. The highest BCUT2D eigenvalue weighted by Crippen LogP contribution is 2.27. The Bertz CT molecular complexity index is 541. The number of carbonyl (C=O) groups is 1. The van der Waals surface area contributed by atoms with Gasteiger partial charge in [0.25, 0.3) is 5.91 Å². The SMILES string of the molecule is O=C(c1cnc2n1CCN(CC1CCCC1)C2)N1CCCC1. The van der Waals surface area contributed by atoms with Crippen molar-refractivity contribution in [1.82, 2.24) is 19.4 Å². The highest BCUT2D eigenvalue weighted by atomic mass is 16.2. The molecule has 1 aromatic rings. The molecule has 3 aliphatic rings. The van der Waals surface area contributed by atoms with E-state index in [9.17, 15) is 4.79 Å². The van der Waals surface area contributed by atoms with Gasteiger partial charge >= 0.3 is 0 Å². The fourth-order valence-corrected chi connectivity index (χ4v) is 4.28. The monoisotopic (exact) mass is 302 g/mol. The molecule has 0 N–H and O–H groups in total. The summed E-state index contributed by atoms with van der Waals surface area (Å²) in [5.41, 5.74) is 0.803. The second-order valence-electron chi connectivity index (χ2n) is 7.10. The lowest BCUT2D eigenvalue weighted by atomic mass is 10.1. The lowest BCUT2D eigenvalue weighted by Gasteiger charge is -2.30. The van der Waals surface area contributed by atoms with Crippen molar-refractivity contribution < 1.29 is 4.79 Å². The topological polar surface area (TPSA) is 41.4 Å². The molecule has 2 aliphatic heterocycles. The maximum atomic E-state index is 12.6. The molecular weight excluding hydrogens is 276 g/mol. The first kappa shape index (κ1) is 14.2. The molecule has 120 valence electrons. The van der Waals surface area contributed by atoms with Crippen molar-refractivity contribution in [3.05, 3.63) is 17.7 Å². The second kappa shape index (κ2) is 6.03. The Labute approximate surface area is 132 Å². The van der Waals surface area contributed by atoms with Gasteiger partial charge in [0, 0.05) is 32.7 Å². The van der Waals surface area contributed by atoms with E-state index >= 15 is 0 Å². The van der Waals surface area contributed by atoms with Crippen LogP contribution in [0.5, 0.6) is 0 Å². The first-order valence-corrected chi connectivity index (χ1v) is 8.87. The summed E-state index contributed by atoms with van der Waals surface area (Å²) >= 11 is 0. The summed E-state index contributed by atoms with van der Waals surface area (Å²) < 4.78 is 2.16. The van der Waals surface area contributed by atoms with Crippen LogP contribution in [0, 0.1) is 5.92 Å². The zero-order chi connectivity index (χ0) is 14.9. The van der Waals surface area contributed by atoms with Gasteiger partial charge in [-0.3, -0.25) is 9.69 Å². The molecule has 22 heavy (non-hydrogen) atoms. The molecule has 3 heterocycles. The van der Waals surface area contributed by atoms with E-state index in [0.717, 1.165) is 63.0 Å². The minimum Gasteiger partial charge on any atom is -0.337 e. The van der Waals surface area contributed by atoms with Gasteiger partial charge in [-0.25, -0.2) is 4.98 Å². The molecule has 4 rings (SSSR count). The van der Waals surface area contributed by atoms with E-state index in [4.69, 9.17) is 0 Å². The summed E-state index contributed by atoms with van der Waals surface area (Å²) in [5, 5.41) is 0. The summed E-state index contributed by atoms with van der Waals surface area (Å²) in [6.45, 7) is 5.91. The third-order valence-electron chi connectivity index (χ3n) is 5.55. The van der Waals surface area contributed by atoms with Crippen LogP contribution < -0.4 is 0 Å². The molecular formula is C17H26N4O. The molecule has 1 saturated carbocycles. The average Bonchev–Trinajstić information content (AvgIpc) is 3.28. The number of rotatable bonds is 3. The highest BCUT2D eigenvalue weighted by Gasteiger charge is 2.28. The highest BCUT2D eigenvalue weighted by molar-refractivity contribution is 5.92. The number of imidazole rings is 1. The lowest BCUT2D eigenvalue weighted by molar-refractivity contribution is 0.0777. The number of aromatic nitrogens is 2. The van der Waals surface area contributed by atoms with Crippen molar-refractivity contribution in [3.63, 3.8) is 0 Å². The van der Waals surface area contributed by atoms with Crippen LogP contribution in [0.4, 0.5) is 0 Å². The van der Waals surface area contributed by atoms with Crippen LogP contribution in [0.2, 0.25) is 0 Å². The maximum absolute atomic E-state index is 12.6. The molecule has 1 aromatic heterocycles. The van der Waals surface area contributed by atoms with Crippen molar-refractivity contribution in [2.75, 3.05) is 26.2 Å². The van der Waals surface area contributed by atoms with Crippen molar-refractivity contribution in [1.29, 1.82) is 0 Å². The van der Waals surface area contributed by atoms with E-state index in [1.54, 1.807) is 6.20 Å². The van der Waals surface area contributed by atoms with E-state index in [0.29, 0.717) is 0 Å². The van der Waals surface area contributed by atoms with Gasteiger partial charge in [0.2, 0.25) is 0 Å². The molecule has 0 bridgehead atoms. The van der Waals surface area contributed by atoms with Gasteiger partial charge in [0.1, 0.15) is 11.5 Å². The molecule has 0 unspecified atom stereocenters. The second-order valence-corrected chi connectivity index (χ2v) is 7.10. The minimum atomic E-state index is 0.181. The summed E-state index contributed by atoms with van der Waals surface area (Å²) in [5.74, 6) is 2.14. The molecule has 1 amide bonds. The lowest BCUT2D eigenvalue weighted by Crippen LogP contribution is -2.38. The third kappa shape index (κ3) is 2.67. The maximum Gasteiger partial charge on any atom is 0.272 e. The van der Waals surface area contributed by atoms with E-state index in [1.807, 2.05) is 4.90 Å². The number of nitrogens with zero attached hydrogens (tertiary/aromatic N) is 4. The van der Waals surface area contributed by atoms with Crippen molar-refractivity contribution in [2.24, 2.45) is 5.92 Å². The number of fused-ring (bicyclic) bond motifs is 1. The normalized spacial score (nSPS) is 23.2. The summed E-state index contributed by atoms with van der Waals surface area (Å²) in [6, 6.07) is 0. The number of hydrogen-bond donors (Lipinski definition) is 0. The molecule has 0 radical (unpaired) electrons. The van der Waals surface area contributed by atoms with Gasteiger partial charge in [-0.1, -0.05) is 12.8 Å². The smallest absolute Gasteiger partial charge is 0.272 e. The summed E-state index contributed by atoms with van der Waals surface area (Å²) in [7, 11) is 0. The largest absolute Gasteiger partial charge is 0.337 e. The Hall–Kier alpha value is -1.36. The van der Waals surface area contributed by atoms with Gasteiger partial charge in [-0.2, -0.15) is 0 Å². The summed E-state index contributed by atoms with van der Waals surface area (Å²) in [6.07, 6.45) is 9.68. The summed E-state index contributed by atoms with van der Waals surface area (Å²) in [4.78, 5) is 21.7. The Morgan fingerprint density at radius 1 is 1.09 bits per heavy atom. The molecule has 1 aliphatic carbocycles. The minimum absolute atomic E-state index is 0.181. The number of hydrogen-bond acceptors (Lipinski definition) is 3. The zero-order valence-electron chi connectivity index (χ0n) is 13.3. The Kier molecular flexibility index (Phi) is 3.90. The van der Waals surface area contributed by atoms with Gasteiger partial charge in [-0.15, -0.1) is 0 Å². The Morgan fingerprint density at radius 2 is 1.86 bits per heavy atom. The van der Waals surface area contributed by atoms with Crippen LogP contribution in [0.15, 0.2) is 6.20 Å². The molecule has 0 aromatic carbocycles. The first-order chi connectivity index (χ1) is 10.8. The van der Waals surface area contributed by atoms with Crippen LogP contribution in [0.25, 0.3) is 0 Å². The third-order valence-corrected chi connectivity index (χ3v) is 5.55. The average molecular weight is 302 g/mol. The predicted molar refractivity (Wildman–Crippen MR) is 84.6 cm³/mol. The molecule has 0 atom stereocenters. The fourth-order valence-electron chi connectivity index (χ4n) is 4.28. The predicted octanol–water partition coefficient (Wildman–Crippen LogP) is 2.12. The molecule has 2 fully saturated rings. The fraction of sp³-hybridized carbons (Fsp3) is 0.765. The number of likely N-dealkylation sites (tertiary alicyclic amines) is 1. The van der Waals surface area contributed by atoms with E-state index in [-0.39, 0.29) is 5.91 Å². The van der Waals surface area contributed by atoms with Crippen LogP contribution >= 0.6 is 0 Å². The van der Waals surface area contributed by atoms with Crippen LogP contribution in [0.1, 0.15) is 54.8 Å². The van der Waals surface area contributed by atoms with E-state index < -0.39 is 0 Å². The van der Waals surface area contributed by atoms with Crippen LogP contribution in [-0.2, 0) is 13.1 Å². The first-order valence-electron chi connectivity index (χ1n) is 8.87. The zero-order valence-corrected chi connectivity index (χ0v) is 13.3. The molecule has 1 saturated heterocycles. The van der Waals surface area contributed by atoms with Crippen molar-refractivity contribution in [3.8, 4) is 0 Å². The standard InChI is InChI=1S/C17H26N4O/c22-17(20-7-3-4-8-20)15-11-18-16-13-19(9-10-21(15)16)12-14-5-1-2-6-14/h11,14H,1-10,12-13H2. The Balaban J connectivity index is 1.44. The molecule has 5 nitrogen and oxygen atoms in total. The van der Waals surface area contributed by atoms with Crippen molar-refractivity contribution in [2.45, 2.75) is 51.6 Å². The number of amides is 1.